The molecule has 2 rings (SSSR count). The molecule has 1 aromatic carbocycles. The van der Waals surface area contributed by atoms with Crippen LogP contribution in [-0.4, -0.2) is 16.1 Å². The zero-order chi connectivity index (χ0) is 13.1. The molecule has 0 aliphatic carbocycles. The highest BCUT2D eigenvalue weighted by Crippen LogP contribution is 2.26. The van der Waals surface area contributed by atoms with Crippen LogP contribution in [0.5, 0.6) is 0 Å². The molecule has 1 unspecified atom stereocenters. The van der Waals surface area contributed by atoms with Crippen LogP contribution >= 0.6 is 0 Å². The van der Waals surface area contributed by atoms with Gasteiger partial charge in [-0.3, -0.25) is 9.89 Å². The van der Waals surface area contributed by atoms with E-state index in [-0.39, 0.29) is 11.9 Å². The second kappa shape index (κ2) is 5.04. The van der Waals surface area contributed by atoms with Crippen molar-refractivity contribution in [2.75, 3.05) is 0 Å². The third-order valence-corrected chi connectivity index (χ3v) is 2.95. The second-order valence-corrected chi connectivity index (χ2v) is 4.39. The molecule has 94 valence electrons. The van der Waals surface area contributed by atoms with Crippen molar-refractivity contribution in [3.8, 4) is 0 Å². The van der Waals surface area contributed by atoms with E-state index in [0.717, 1.165) is 22.5 Å². The molecule has 0 saturated carbocycles. The van der Waals surface area contributed by atoms with Gasteiger partial charge in [0.15, 0.2) is 0 Å². The Hall–Kier alpha value is -2.10. The van der Waals surface area contributed by atoms with E-state index in [0.29, 0.717) is 0 Å². The maximum absolute atomic E-state index is 11.4. The number of nitrogens with one attached hydrogen (secondary N) is 2. The van der Waals surface area contributed by atoms with Crippen molar-refractivity contribution in [3.05, 3.63) is 52.8 Å². The molecule has 0 saturated heterocycles. The van der Waals surface area contributed by atoms with Crippen LogP contribution in [0.3, 0.4) is 0 Å². The first-order valence-electron chi connectivity index (χ1n) is 5.93. The molecule has 0 fully saturated rings. The van der Waals surface area contributed by atoms with Gasteiger partial charge in [0.05, 0.1) is 11.7 Å². The fourth-order valence-corrected chi connectivity index (χ4v) is 2.16. The molecule has 0 bridgehead atoms. The lowest BCUT2D eigenvalue weighted by molar-refractivity contribution is -0.119. The van der Waals surface area contributed by atoms with Crippen molar-refractivity contribution in [1.29, 1.82) is 0 Å². The third kappa shape index (κ3) is 2.42. The van der Waals surface area contributed by atoms with E-state index in [2.05, 4.69) is 15.5 Å². The normalized spacial score (nSPS) is 12.2. The summed E-state index contributed by atoms with van der Waals surface area (Å²) in [6.07, 6.45) is 0. The lowest BCUT2D eigenvalue weighted by Crippen LogP contribution is -2.27. The topological polar surface area (TPSA) is 57.8 Å². The number of rotatable bonds is 3. The number of aryl methyl sites for hydroxylation is 2. The van der Waals surface area contributed by atoms with Crippen LogP contribution in [0.25, 0.3) is 0 Å². The largest absolute Gasteiger partial charge is 0.345 e. The number of carbonyl (C=O) groups excluding carboxylic acids is 1. The van der Waals surface area contributed by atoms with Crippen LogP contribution in [-0.2, 0) is 4.79 Å². The van der Waals surface area contributed by atoms with Crippen molar-refractivity contribution in [1.82, 2.24) is 15.5 Å². The van der Waals surface area contributed by atoms with Gasteiger partial charge in [-0.2, -0.15) is 5.10 Å². The highest BCUT2D eigenvalue weighted by atomic mass is 16.1. The molecule has 0 spiro atoms. The van der Waals surface area contributed by atoms with Gasteiger partial charge >= 0.3 is 0 Å². The SMILES string of the molecule is CC(=O)NC(c1ccccc1)c1c(C)n[nH]c1C. The maximum Gasteiger partial charge on any atom is 0.217 e. The van der Waals surface area contributed by atoms with Crippen molar-refractivity contribution < 1.29 is 4.79 Å². The minimum absolute atomic E-state index is 0.0520. The summed E-state index contributed by atoms with van der Waals surface area (Å²) in [6, 6.07) is 9.76. The summed E-state index contributed by atoms with van der Waals surface area (Å²) in [5.74, 6) is -0.0520. The second-order valence-electron chi connectivity index (χ2n) is 4.39. The average molecular weight is 243 g/mol. The molecule has 2 N–H and O–H groups in total. The number of H-pyrrole nitrogens is 1. The molecule has 0 aliphatic heterocycles. The highest BCUT2D eigenvalue weighted by Gasteiger charge is 2.21. The first-order valence-corrected chi connectivity index (χ1v) is 5.93. The highest BCUT2D eigenvalue weighted by molar-refractivity contribution is 5.74. The average Bonchev–Trinajstić information content (AvgIpc) is 2.67. The van der Waals surface area contributed by atoms with Crippen LogP contribution in [0, 0.1) is 13.8 Å². The quantitative estimate of drug-likeness (QED) is 0.868. The van der Waals surface area contributed by atoms with Gasteiger partial charge in [-0.15, -0.1) is 0 Å². The van der Waals surface area contributed by atoms with Crippen molar-refractivity contribution >= 4 is 5.91 Å². The van der Waals surface area contributed by atoms with Gasteiger partial charge in [0, 0.05) is 18.2 Å². The molecule has 18 heavy (non-hydrogen) atoms. The zero-order valence-corrected chi connectivity index (χ0v) is 10.8. The molecule has 0 aliphatic rings. The van der Waals surface area contributed by atoms with Crippen molar-refractivity contribution in [2.45, 2.75) is 26.8 Å². The predicted molar refractivity (Wildman–Crippen MR) is 70.2 cm³/mol. The van der Waals surface area contributed by atoms with E-state index in [9.17, 15) is 4.79 Å². The molecule has 1 amide bonds. The van der Waals surface area contributed by atoms with Crippen molar-refractivity contribution in [2.24, 2.45) is 0 Å². The molecule has 4 heteroatoms. The minimum Gasteiger partial charge on any atom is -0.345 e. The summed E-state index contributed by atoms with van der Waals surface area (Å²) in [5.41, 5.74) is 3.99. The summed E-state index contributed by atoms with van der Waals surface area (Å²) >= 11 is 0. The van der Waals surface area contributed by atoms with Gasteiger partial charge in [0.1, 0.15) is 0 Å². The molecule has 1 aromatic heterocycles. The predicted octanol–water partition coefficient (Wildman–Crippen LogP) is 2.25. The monoisotopic (exact) mass is 243 g/mol. The molecule has 4 nitrogen and oxygen atoms in total. The van der Waals surface area contributed by atoms with Gasteiger partial charge in [-0.25, -0.2) is 0 Å². The summed E-state index contributed by atoms with van der Waals surface area (Å²) in [7, 11) is 0. The number of aromatic nitrogens is 2. The zero-order valence-electron chi connectivity index (χ0n) is 10.8. The van der Waals surface area contributed by atoms with E-state index in [1.807, 2.05) is 44.2 Å². The Morgan fingerprint density at radius 1 is 1.28 bits per heavy atom. The summed E-state index contributed by atoms with van der Waals surface area (Å²) in [6.45, 7) is 5.43. The van der Waals surface area contributed by atoms with Gasteiger partial charge in [0.25, 0.3) is 0 Å². The van der Waals surface area contributed by atoms with Crippen LogP contribution in [0.4, 0.5) is 0 Å². The van der Waals surface area contributed by atoms with Crippen molar-refractivity contribution in [3.63, 3.8) is 0 Å². The summed E-state index contributed by atoms with van der Waals surface area (Å²) in [4.78, 5) is 11.4. The molecule has 1 atom stereocenters. The maximum atomic E-state index is 11.4. The number of hydrogen-bond acceptors (Lipinski definition) is 2. The number of carbonyl (C=O) groups is 1. The standard InChI is InChI=1S/C14H17N3O/c1-9-13(10(2)17-16-9)14(15-11(3)18)12-7-5-4-6-8-12/h4-8,14H,1-3H3,(H,15,18)(H,16,17). The molecular formula is C14H17N3O. The lowest BCUT2D eigenvalue weighted by atomic mass is 9.97. The Balaban J connectivity index is 2.47. The third-order valence-electron chi connectivity index (χ3n) is 2.95. The van der Waals surface area contributed by atoms with Crippen LogP contribution in [0.2, 0.25) is 0 Å². The molecule has 0 radical (unpaired) electrons. The van der Waals surface area contributed by atoms with Gasteiger partial charge < -0.3 is 5.32 Å². The fourth-order valence-electron chi connectivity index (χ4n) is 2.16. The number of benzene rings is 1. The molecule has 2 aromatic rings. The number of hydrogen-bond donors (Lipinski definition) is 2. The number of nitrogens with zero attached hydrogens (tertiary/aromatic N) is 1. The van der Waals surface area contributed by atoms with E-state index >= 15 is 0 Å². The summed E-state index contributed by atoms with van der Waals surface area (Å²) in [5, 5.41) is 10.1. The Bertz CT molecular complexity index is 526. The minimum atomic E-state index is -0.151. The Kier molecular flexibility index (Phi) is 3.46. The molecule has 1 heterocycles. The Morgan fingerprint density at radius 3 is 2.44 bits per heavy atom. The first-order chi connectivity index (χ1) is 8.59. The van der Waals surface area contributed by atoms with E-state index in [1.54, 1.807) is 0 Å². The summed E-state index contributed by atoms with van der Waals surface area (Å²) < 4.78 is 0. The lowest BCUT2D eigenvalue weighted by Gasteiger charge is -2.19. The van der Waals surface area contributed by atoms with Gasteiger partial charge in [-0.05, 0) is 19.4 Å². The fraction of sp³-hybridized carbons (Fsp3) is 0.286. The Labute approximate surface area is 106 Å². The number of aromatic amines is 1. The van der Waals surface area contributed by atoms with Gasteiger partial charge in [0.2, 0.25) is 5.91 Å². The van der Waals surface area contributed by atoms with E-state index in [4.69, 9.17) is 0 Å². The van der Waals surface area contributed by atoms with Crippen LogP contribution in [0.15, 0.2) is 30.3 Å². The van der Waals surface area contributed by atoms with Crippen LogP contribution in [0.1, 0.15) is 35.5 Å². The van der Waals surface area contributed by atoms with E-state index < -0.39 is 0 Å². The van der Waals surface area contributed by atoms with Gasteiger partial charge in [-0.1, -0.05) is 30.3 Å². The molecular weight excluding hydrogens is 226 g/mol. The Morgan fingerprint density at radius 2 is 1.94 bits per heavy atom. The van der Waals surface area contributed by atoms with E-state index in [1.165, 1.54) is 6.92 Å². The number of amides is 1. The van der Waals surface area contributed by atoms with Crippen LogP contribution < -0.4 is 5.32 Å². The smallest absolute Gasteiger partial charge is 0.217 e. The first kappa shape index (κ1) is 12.4.